The molecule has 0 spiro atoms. The van der Waals surface area contributed by atoms with Gasteiger partial charge in [0.2, 0.25) is 5.91 Å². The van der Waals surface area contributed by atoms with E-state index < -0.39 is 0 Å². The second-order valence-electron chi connectivity index (χ2n) is 5.72. The van der Waals surface area contributed by atoms with Crippen LogP contribution in [-0.4, -0.2) is 25.4 Å². The van der Waals surface area contributed by atoms with Crippen molar-refractivity contribution in [1.29, 1.82) is 5.26 Å². The lowest BCUT2D eigenvalue weighted by Gasteiger charge is -2.12. The second kappa shape index (κ2) is 10.3. The number of carbonyl (C=O) groups is 1. The Bertz CT molecular complexity index is 859. The van der Waals surface area contributed by atoms with Gasteiger partial charge in [-0.1, -0.05) is 25.1 Å². The van der Waals surface area contributed by atoms with Crippen molar-refractivity contribution in [3.05, 3.63) is 54.1 Å². The summed E-state index contributed by atoms with van der Waals surface area (Å²) in [5, 5.41) is 11.9. The number of anilines is 1. The number of hydrogen-bond donors (Lipinski definition) is 1. The minimum absolute atomic E-state index is 0.148. The summed E-state index contributed by atoms with van der Waals surface area (Å²) in [6.45, 7) is 1.99. The molecule has 0 aliphatic rings. The van der Waals surface area contributed by atoms with Crippen LogP contribution in [0, 0.1) is 11.3 Å². The first kappa shape index (κ1) is 20.4. The van der Waals surface area contributed by atoms with Gasteiger partial charge in [-0.05, 0) is 35.9 Å². The smallest absolute Gasteiger partial charge is 0.248 e. The van der Waals surface area contributed by atoms with Gasteiger partial charge in [0.05, 0.1) is 26.0 Å². The van der Waals surface area contributed by atoms with E-state index in [4.69, 9.17) is 14.7 Å². The molecule has 1 atom stereocenters. The van der Waals surface area contributed by atoms with Gasteiger partial charge in [0.15, 0.2) is 11.5 Å². The van der Waals surface area contributed by atoms with Crippen LogP contribution in [0.4, 0.5) is 5.69 Å². The molecule has 140 valence electrons. The van der Waals surface area contributed by atoms with E-state index in [1.165, 1.54) is 6.08 Å². The number of rotatable bonds is 8. The van der Waals surface area contributed by atoms with E-state index in [0.29, 0.717) is 17.9 Å². The fraction of sp³-hybridized carbons (Fsp3) is 0.238. The molecule has 27 heavy (non-hydrogen) atoms. The molecule has 5 nitrogen and oxygen atoms in total. The van der Waals surface area contributed by atoms with E-state index in [9.17, 15) is 4.79 Å². The quantitative estimate of drug-likeness (QED) is 0.527. The third kappa shape index (κ3) is 6.08. The van der Waals surface area contributed by atoms with E-state index in [2.05, 4.69) is 11.4 Å². The van der Waals surface area contributed by atoms with Crippen LogP contribution in [0.25, 0.3) is 6.08 Å². The molecule has 0 aliphatic heterocycles. The number of ether oxygens (including phenoxy) is 2. The second-order valence-corrected chi connectivity index (χ2v) is 7.20. The zero-order chi connectivity index (χ0) is 19.6. The third-order valence-electron chi connectivity index (χ3n) is 3.69. The van der Waals surface area contributed by atoms with Gasteiger partial charge in [-0.25, -0.2) is 0 Å². The average molecular weight is 382 g/mol. The Morgan fingerprint density at radius 2 is 1.96 bits per heavy atom. The highest BCUT2D eigenvalue weighted by atomic mass is 32.2. The zero-order valence-corrected chi connectivity index (χ0v) is 16.4. The molecule has 0 aliphatic carbocycles. The first-order chi connectivity index (χ1) is 13.1. The summed E-state index contributed by atoms with van der Waals surface area (Å²) < 4.78 is 10.5. The third-order valence-corrected chi connectivity index (χ3v) is 4.87. The summed E-state index contributed by atoms with van der Waals surface area (Å²) in [7, 11) is 3.15. The van der Waals surface area contributed by atoms with Crippen molar-refractivity contribution in [2.75, 3.05) is 19.5 Å². The Labute approximate surface area is 164 Å². The van der Waals surface area contributed by atoms with Crippen molar-refractivity contribution >= 4 is 29.4 Å². The summed E-state index contributed by atoms with van der Waals surface area (Å²) >= 11 is 1.57. The largest absolute Gasteiger partial charge is 0.493 e. The van der Waals surface area contributed by atoms with Crippen molar-refractivity contribution < 1.29 is 14.3 Å². The Morgan fingerprint density at radius 3 is 2.67 bits per heavy atom. The molecule has 0 saturated carbocycles. The Balaban J connectivity index is 2.08. The fourth-order valence-corrected chi connectivity index (χ4v) is 3.36. The molecule has 0 heterocycles. The molecule has 0 bridgehead atoms. The normalized spacial score (nSPS) is 11.6. The molecule has 0 radical (unpaired) electrons. The van der Waals surface area contributed by atoms with Crippen LogP contribution in [0.15, 0.2) is 53.4 Å². The predicted molar refractivity (Wildman–Crippen MR) is 109 cm³/mol. The van der Waals surface area contributed by atoms with Crippen LogP contribution < -0.4 is 14.8 Å². The maximum atomic E-state index is 12.3. The molecule has 1 amide bonds. The van der Waals surface area contributed by atoms with E-state index in [0.717, 1.165) is 16.1 Å². The van der Waals surface area contributed by atoms with Crippen molar-refractivity contribution in [3.8, 4) is 17.6 Å². The van der Waals surface area contributed by atoms with Gasteiger partial charge in [0.25, 0.3) is 0 Å². The van der Waals surface area contributed by atoms with Gasteiger partial charge < -0.3 is 14.8 Å². The van der Waals surface area contributed by atoms with E-state index in [-0.39, 0.29) is 11.2 Å². The Kier molecular flexibility index (Phi) is 7.78. The summed E-state index contributed by atoms with van der Waals surface area (Å²) in [5.74, 6) is 1.01. The number of thioether (sulfide) groups is 1. The number of para-hydroxylation sites is 1. The van der Waals surface area contributed by atoms with Crippen LogP contribution in [0.3, 0.4) is 0 Å². The maximum absolute atomic E-state index is 12.3. The van der Waals surface area contributed by atoms with Crippen LogP contribution >= 0.6 is 11.8 Å². The molecule has 0 saturated heterocycles. The molecule has 1 N–H and O–H groups in total. The number of carbonyl (C=O) groups excluding carboxylic acids is 1. The predicted octanol–water partition coefficient (Wildman–Crippen LogP) is 4.75. The summed E-state index contributed by atoms with van der Waals surface area (Å²) in [6, 6.07) is 15.2. The number of amides is 1. The molecule has 0 aromatic heterocycles. The monoisotopic (exact) mass is 382 g/mol. The van der Waals surface area contributed by atoms with Crippen molar-refractivity contribution in [2.45, 2.75) is 23.5 Å². The van der Waals surface area contributed by atoms with Gasteiger partial charge in [-0.2, -0.15) is 5.26 Å². The fourth-order valence-electron chi connectivity index (χ4n) is 2.36. The lowest BCUT2D eigenvalue weighted by atomic mass is 10.2. The minimum Gasteiger partial charge on any atom is -0.493 e. The molecule has 0 fully saturated rings. The van der Waals surface area contributed by atoms with Crippen molar-refractivity contribution in [3.63, 3.8) is 0 Å². The van der Waals surface area contributed by atoms with E-state index in [1.54, 1.807) is 44.2 Å². The van der Waals surface area contributed by atoms with Gasteiger partial charge in [-0.3, -0.25) is 4.79 Å². The Morgan fingerprint density at radius 1 is 1.22 bits per heavy atom. The maximum Gasteiger partial charge on any atom is 0.248 e. The minimum atomic E-state index is -0.231. The molecular formula is C21H22N2O3S. The average Bonchev–Trinajstić information content (AvgIpc) is 2.67. The highest BCUT2D eigenvalue weighted by Crippen LogP contribution is 2.31. The van der Waals surface area contributed by atoms with Crippen LogP contribution in [0.1, 0.15) is 18.9 Å². The number of benzene rings is 2. The highest BCUT2D eigenvalue weighted by Gasteiger charge is 2.09. The topological polar surface area (TPSA) is 71.3 Å². The number of nitrogens with one attached hydrogen (secondary N) is 1. The molecule has 6 heteroatoms. The standard InChI is InChI=1S/C21H22N2O3S/c1-15(12-13-22)27-20-7-5-4-6-17(20)23-21(24)11-9-16-8-10-18(25-2)19(14-16)26-3/h4-11,14-15H,12H2,1-3H3,(H,23,24)/b11-9+. The first-order valence-corrected chi connectivity index (χ1v) is 9.29. The number of nitriles is 1. The van der Waals surface area contributed by atoms with E-state index in [1.807, 2.05) is 37.3 Å². The molecule has 1 unspecified atom stereocenters. The zero-order valence-electron chi connectivity index (χ0n) is 15.6. The molecule has 2 aromatic rings. The molecular weight excluding hydrogens is 360 g/mol. The van der Waals surface area contributed by atoms with Gasteiger partial charge in [-0.15, -0.1) is 11.8 Å². The summed E-state index contributed by atoms with van der Waals surface area (Å²) in [6.07, 6.45) is 3.64. The van der Waals surface area contributed by atoms with Crippen LogP contribution in [0.2, 0.25) is 0 Å². The number of hydrogen-bond acceptors (Lipinski definition) is 5. The number of nitrogens with zero attached hydrogens (tertiary/aromatic N) is 1. The van der Waals surface area contributed by atoms with Crippen LogP contribution in [0.5, 0.6) is 11.5 Å². The lowest BCUT2D eigenvalue weighted by Crippen LogP contribution is -2.09. The van der Waals surface area contributed by atoms with Crippen LogP contribution in [-0.2, 0) is 4.79 Å². The van der Waals surface area contributed by atoms with E-state index >= 15 is 0 Å². The SMILES string of the molecule is COc1ccc(/C=C/C(=O)Nc2ccccc2SC(C)CC#N)cc1OC. The van der Waals surface area contributed by atoms with Gasteiger partial charge in [0.1, 0.15) is 0 Å². The first-order valence-electron chi connectivity index (χ1n) is 8.41. The van der Waals surface area contributed by atoms with Gasteiger partial charge in [0, 0.05) is 22.6 Å². The Hall–Kier alpha value is -2.91. The van der Waals surface area contributed by atoms with Crippen molar-refractivity contribution in [1.82, 2.24) is 0 Å². The number of methoxy groups -OCH3 is 2. The highest BCUT2D eigenvalue weighted by molar-refractivity contribution is 8.00. The summed E-state index contributed by atoms with van der Waals surface area (Å²) in [4.78, 5) is 13.2. The molecule has 2 aromatic carbocycles. The molecule has 2 rings (SSSR count). The van der Waals surface area contributed by atoms with Crippen molar-refractivity contribution in [2.24, 2.45) is 0 Å². The summed E-state index contributed by atoms with van der Waals surface area (Å²) in [5.41, 5.74) is 1.56. The lowest BCUT2D eigenvalue weighted by molar-refractivity contribution is -0.111. The van der Waals surface area contributed by atoms with Gasteiger partial charge >= 0.3 is 0 Å².